The molecule has 2 aliphatic rings. The second-order valence-electron chi connectivity index (χ2n) is 7.40. The molecular formula is C20H27NO6S2. The molecule has 2 heterocycles. The molecule has 0 radical (unpaired) electrons. The Balaban J connectivity index is 1.84. The zero-order chi connectivity index (χ0) is 21.0. The molecule has 1 amide bonds. The molecular weight excluding hydrogens is 414 g/mol. The Morgan fingerprint density at radius 1 is 1.34 bits per heavy atom. The molecule has 9 heteroatoms. The van der Waals surface area contributed by atoms with Crippen LogP contribution in [0, 0.1) is 0 Å². The van der Waals surface area contributed by atoms with Crippen LogP contribution in [0.1, 0.15) is 26.3 Å². The van der Waals surface area contributed by atoms with Crippen molar-refractivity contribution in [2.75, 3.05) is 12.9 Å². The summed E-state index contributed by atoms with van der Waals surface area (Å²) in [7, 11) is 0. The van der Waals surface area contributed by atoms with Gasteiger partial charge >= 0.3 is 0 Å². The van der Waals surface area contributed by atoms with Crippen molar-refractivity contribution in [3.63, 3.8) is 0 Å². The van der Waals surface area contributed by atoms with Crippen molar-refractivity contribution in [1.82, 2.24) is 5.32 Å². The van der Waals surface area contributed by atoms with E-state index < -0.39 is 36.4 Å². The maximum atomic E-state index is 11.9. The summed E-state index contributed by atoms with van der Waals surface area (Å²) >= 11 is 6.61. The fraction of sp³-hybridized carbons (Fsp3) is 0.600. The maximum Gasteiger partial charge on any atom is 0.220 e. The van der Waals surface area contributed by atoms with Crippen LogP contribution in [0.2, 0.25) is 0 Å². The van der Waals surface area contributed by atoms with Crippen molar-refractivity contribution >= 4 is 34.3 Å². The zero-order valence-electron chi connectivity index (χ0n) is 17.0. The van der Waals surface area contributed by atoms with Crippen LogP contribution in [0.4, 0.5) is 0 Å². The smallest absolute Gasteiger partial charge is 0.220 e. The summed E-state index contributed by atoms with van der Waals surface area (Å²) < 4.78 is 30.5. The highest BCUT2D eigenvalue weighted by Gasteiger charge is 2.53. The van der Waals surface area contributed by atoms with Crippen molar-refractivity contribution in [2.24, 2.45) is 0 Å². The molecule has 0 saturated carbocycles. The van der Waals surface area contributed by atoms with Crippen LogP contribution < -0.4 is 5.32 Å². The van der Waals surface area contributed by atoms with Gasteiger partial charge in [0.25, 0.3) is 0 Å². The van der Waals surface area contributed by atoms with Crippen molar-refractivity contribution in [3.8, 4) is 0 Å². The van der Waals surface area contributed by atoms with E-state index in [4.69, 9.17) is 35.9 Å². The van der Waals surface area contributed by atoms with E-state index in [0.717, 1.165) is 5.56 Å². The first-order valence-corrected chi connectivity index (χ1v) is 11.1. The van der Waals surface area contributed by atoms with Gasteiger partial charge in [-0.05, 0) is 37.9 Å². The van der Waals surface area contributed by atoms with Crippen molar-refractivity contribution < 1.29 is 28.5 Å². The third kappa shape index (κ3) is 5.90. The number of carbonyl (C=O) groups excluding carboxylic acids is 1. The SMILES string of the molecule is CSC(=S)O[C@@H]1[C@@H](NC(C)=O)[C@@H](OCc2ccccc2)O[C@@H]2COC(C)(C)O[C@@H]12. The molecule has 1 aromatic carbocycles. The van der Waals surface area contributed by atoms with Gasteiger partial charge in [-0.25, -0.2) is 0 Å². The van der Waals surface area contributed by atoms with E-state index in [1.165, 1.54) is 18.7 Å². The van der Waals surface area contributed by atoms with Gasteiger partial charge in [0.05, 0.1) is 13.2 Å². The summed E-state index contributed by atoms with van der Waals surface area (Å²) in [6, 6.07) is 9.15. The normalized spacial score (nSPS) is 30.8. The van der Waals surface area contributed by atoms with Crippen molar-refractivity contribution in [3.05, 3.63) is 35.9 Å². The van der Waals surface area contributed by atoms with E-state index in [1.807, 2.05) is 50.4 Å². The van der Waals surface area contributed by atoms with Gasteiger partial charge in [-0.3, -0.25) is 4.79 Å². The molecule has 2 fully saturated rings. The van der Waals surface area contributed by atoms with E-state index in [-0.39, 0.29) is 5.91 Å². The quantitative estimate of drug-likeness (QED) is 0.699. The van der Waals surface area contributed by atoms with Crippen molar-refractivity contribution in [2.45, 2.75) is 63.8 Å². The predicted octanol–water partition coefficient (Wildman–Crippen LogP) is 2.62. The Kier molecular flexibility index (Phi) is 7.53. The Labute approximate surface area is 180 Å². The molecule has 1 N–H and O–H groups in total. The molecule has 160 valence electrons. The predicted molar refractivity (Wildman–Crippen MR) is 113 cm³/mol. The lowest BCUT2D eigenvalue weighted by Crippen LogP contribution is -2.69. The van der Waals surface area contributed by atoms with E-state index in [1.54, 1.807) is 0 Å². The first-order valence-electron chi connectivity index (χ1n) is 9.43. The summed E-state index contributed by atoms with van der Waals surface area (Å²) in [5, 5.41) is 2.90. The molecule has 0 bridgehead atoms. The van der Waals surface area contributed by atoms with E-state index >= 15 is 0 Å². The summed E-state index contributed by atoms with van der Waals surface area (Å²) in [5.74, 6) is -1.02. The van der Waals surface area contributed by atoms with E-state index in [0.29, 0.717) is 17.6 Å². The highest BCUT2D eigenvalue weighted by atomic mass is 32.2. The van der Waals surface area contributed by atoms with Gasteiger partial charge in [0.15, 0.2) is 18.2 Å². The van der Waals surface area contributed by atoms with Crippen LogP contribution in [0.15, 0.2) is 30.3 Å². The number of amides is 1. The maximum absolute atomic E-state index is 11.9. The minimum absolute atomic E-state index is 0.222. The Morgan fingerprint density at radius 2 is 2.07 bits per heavy atom. The number of benzene rings is 1. The van der Waals surface area contributed by atoms with Crippen LogP contribution in [0.5, 0.6) is 0 Å². The minimum Gasteiger partial charge on any atom is -0.470 e. The number of hydrogen-bond acceptors (Lipinski definition) is 8. The summed E-state index contributed by atoms with van der Waals surface area (Å²) in [5.41, 5.74) is 0.995. The van der Waals surface area contributed by atoms with Crippen LogP contribution >= 0.6 is 24.0 Å². The number of rotatable bonds is 5. The summed E-state index contributed by atoms with van der Waals surface area (Å²) in [6.45, 7) is 5.75. The second-order valence-corrected chi connectivity index (χ2v) is 8.80. The largest absolute Gasteiger partial charge is 0.470 e. The molecule has 0 spiro atoms. The molecule has 5 atom stereocenters. The van der Waals surface area contributed by atoms with Gasteiger partial charge in [-0.2, -0.15) is 0 Å². The lowest BCUT2D eigenvalue weighted by molar-refractivity contribution is -0.368. The molecule has 3 rings (SSSR count). The molecule has 7 nitrogen and oxygen atoms in total. The average molecular weight is 442 g/mol. The number of hydrogen-bond donors (Lipinski definition) is 1. The third-order valence-electron chi connectivity index (χ3n) is 4.69. The molecule has 2 aliphatic heterocycles. The Hall–Kier alpha value is -1.23. The van der Waals surface area contributed by atoms with Crippen LogP contribution in [0.25, 0.3) is 0 Å². The number of fused-ring (bicyclic) bond motifs is 1. The van der Waals surface area contributed by atoms with E-state index in [9.17, 15) is 4.79 Å². The van der Waals surface area contributed by atoms with Gasteiger partial charge in [0, 0.05) is 6.92 Å². The van der Waals surface area contributed by atoms with Gasteiger partial charge in [0.2, 0.25) is 10.3 Å². The van der Waals surface area contributed by atoms with Gasteiger partial charge < -0.3 is 29.0 Å². The van der Waals surface area contributed by atoms with Gasteiger partial charge in [-0.15, -0.1) is 0 Å². The number of carbonyl (C=O) groups is 1. The number of nitrogens with one attached hydrogen (secondary N) is 1. The molecule has 0 aromatic heterocycles. The van der Waals surface area contributed by atoms with Gasteiger partial charge in [0.1, 0.15) is 18.2 Å². The van der Waals surface area contributed by atoms with Crippen LogP contribution in [0.3, 0.4) is 0 Å². The minimum atomic E-state index is -0.800. The van der Waals surface area contributed by atoms with Crippen molar-refractivity contribution in [1.29, 1.82) is 0 Å². The summed E-state index contributed by atoms with van der Waals surface area (Å²) in [6.07, 6.45) is -0.379. The second kappa shape index (κ2) is 9.72. The van der Waals surface area contributed by atoms with E-state index in [2.05, 4.69) is 5.32 Å². The average Bonchev–Trinajstić information content (AvgIpc) is 2.68. The van der Waals surface area contributed by atoms with Crippen LogP contribution in [-0.4, -0.2) is 59.6 Å². The highest BCUT2D eigenvalue weighted by Crippen LogP contribution is 2.35. The molecule has 1 aromatic rings. The summed E-state index contributed by atoms with van der Waals surface area (Å²) in [4.78, 5) is 11.9. The molecule has 29 heavy (non-hydrogen) atoms. The number of thiocarbonyl (C=S) groups is 1. The lowest BCUT2D eigenvalue weighted by Gasteiger charge is -2.50. The fourth-order valence-corrected chi connectivity index (χ4v) is 3.73. The lowest BCUT2D eigenvalue weighted by atomic mass is 9.95. The molecule has 0 aliphatic carbocycles. The Morgan fingerprint density at radius 3 is 2.72 bits per heavy atom. The molecule has 2 saturated heterocycles. The first kappa shape index (κ1) is 22.5. The van der Waals surface area contributed by atoms with Gasteiger partial charge in [-0.1, -0.05) is 42.1 Å². The fourth-order valence-electron chi connectivity index (χ4n) is 3.41. The monoisotopic (exact) mass is 441 g/mol. The highest BCUT2D eigenvalue weighted by molar-refractivity contribution is 8.22. The zero-order valence-corrected chi connectivity index (χ0v) is 18.6. The first-order chi connectivity index (χ1) is 13.8. The van der Waals surface area contributed by atoms with Crippen LogP contribution in [-0.2, 0) is 35.1 Å². The number of thioether (sulfide) groups is 1. The number of ether oxygens (including phenoxy) is 5. The standard InChI is InChI=1S/C20H27NO6S2/c1-12(22)21-15-17(26-19(28)29-4)16-14(11-24-20(2,3)27-16)25-18(15)23-10-13-8-6-5-7-9-13/h5-9,14-18H,10-11H2,1-4H3,(H,21,22)/t14-,15-,16-,17-,18+/m1/s1. The molecule has 0 unspecified atom stereocenters. The third-order valence-corrected chi connectivity index (χ3v) is 5.71. The Bertz CT molecular complexity index is 716. The topological polar surface area (TPSA) is 75.3 Å².